The molecule has 0 bridgehead atoms. The highest BCUT2D eigenvalue weighted by Gasteiger charge is 2.45. The molecule has 1 fully saturated rings. The summed E-state index contributed by atoms with van der Waals surface area (Å²) in [6.07, 6.45) is 6.22. The largest absolute Gasteiger partial charge is 0.350 e. The molecule has 0 spiro atoms. The maximum Gasteiger partial charge on any atom is 0.240 e. The normalized spacial score (nSPS) is 14.5. The minimum atomic E-state index is -0.699. The first-order valence-corrected chi connectivity index (χ1v) is 6.42. The Kier molecular flexibility index (Phi) is 5.93. The molecule has 5 nitrogen and oxygen atoms in total. The summed E-state index contributed by atoms with van der Waals surface area (Å²) in [6.45, 7) is 0.277. The van der Waals surface area contributed by atoms with E-state index in [0.29, 0.717) is 24.1 Å². The summed E-state index contributed by atoms with van der Waals surface area (Å²) in [7, 11) is 0. The van der Waals surface area contributed by atoms with Gasteiger partial charge in [-0.3, -0.25) is 4.79 Å². The van der Waals surface area contributed by atoms with Gasteiger partial charge in [-0.25, -0.2) is 9.37 Å². The van der Waals surface area contributed by atoms with E-state index in [4.69, 9.17) is 5.73 Å². The lowest BCUT2D eigenvalue weighted by atomic mass is 10.2. The molecule has 2 aromatic rings. The van der Waals surface area contributed by atoms with Crippen molar-refractivity contribution in [3.05, 3.63) is 48.3 Å². The average Bonchev–Trinajstić information content (AvgIpc) is 2.98. The van der Waals surface area contributed by atoms with Gasteiger partial charge in [0.1, 0.15) is 5.82 Å². The lowest BCUT2D eigenvalue weighted by Gasteiger charge is -2.11. The lowest BCUT2D eigenvalue weighted by Crippen LogP contribution is -2.42. The summed E-state index contributed by atoms with van der Waals surface area (Å²) in [5, 5.41) is 2.73. The average molecular weight is 347 g/mol. The Morgan fingerprint density at radius 2 is 2.14 bits per heavy atom. The number of nitrogens with zero attached hydrogens (tertiary/aromatic N) is 2. The Bertz CT molecular complexity index is 644. The fraction of sp³-hybridized carbons (Fsp3) is 0.286. The zero-order valence-electron chi connectivity index (χ0n) is 11.7. The van der Waals surface area contributed by atoms with Gasteiger partial charge < -0.3 is 15.6 Å². The van der Waals surface area contributed by atoms with Crippen LogP contribution in [0.1, 0.15) is 18.4 Å². The van der Waals surface area contributed by atoms with Gasteiger partial charge in [0.15, 0.2) is 0 Å². The number of benzene rings is 1. The number of nitrogens with one attached hydrogen (secondary N) is 1. The fourth-order valence-corrected chi connectivity index (χ4v) is 1.99. The molecule has 0 atom stereocenters. The second-order valence-corrected chi connectivity index (χ2v) is 5.09. The van der Waals surface area contributed by atoms with Gasteiger partial charge in [-0.15, -0.1) is 24.8 Å². The van der Waals surface area contributed by atoms with E-state index in [1.807, 2.05) is 0 Å². The first kappa shape index (κ1) is 18.4. The third-order valence-electron chi connectivity index (χ3n) is 3.49. The monoisotopic (exact) mass is 346 g/mol. The third kappa shape index (κ3) is 3.76. The molecule has 0 saturated heterocycles. The summed E-state index contributed by atoms with van der Waals surface area (Å²) in [4.78, 5) is 15.6. The molecule has 3 rings (SSSR count). The number of amides is 1. The molecule has 1 aromatic carbocycles. The maximum absolute atomic E-state index is 14.0. The fourth-order valence-electron chi connectivity index (χ4n) is 1.99. The van der Waals surface area contributed by atoms with Crippen LogP contribution in [0.4, 0.5) is 4.39 Å². The van der Waals surface area contributed by atoms with E-state index in [1.165, 1.54) is 12.4 Å². The molecule has 22 heavy (non-hydrogen) atoms. The van der Waals surface area contributed by atoms with Gasteiger partial charge in [0.05, 0.1) is 17.6 Å². The van der Waals surface area contributed by atoms with Crippen molar-refractivity contribution in [1.29, 1.82) is 0 Å². The molecule has 1 heterocycles. The highest BCUT2D eigenvalue weighted by Crippen LogP contribution is 2.32. The van der Waals surface area contributed by atoms with Gasteiger partial charge in [-0.05, 0) is 30.5 Å². The SMILES string of the molecule is Cl.Cl.NC1(C(=O)NCc2ccc(-n3ccnc3)c(F)c2)CC1. The van der Waals surface area contributed by atoms with Crippen molar-refractivity contribution >= 4 is 30.7 Å². The van der Waals surface area contributed by atoms with Crippen molar-refractivity contribution < 1.29 is 9.18 Å². The molecule has 0 radical (unpaired) electrons. The molecule has 0 unspecified atom stereocenters. The van der Waals surface area contributed by atoms with Crippen molar-refractivity contribution in [3.8, 4) is 5.69 Å². The smallest absolute Gasteiger partial charge is 0.240 e. The maximum atomic E-state index is 14.0. The van der Waals surface area contributed by atoms with Crippen LogP contribution in [0.3, 0.4) is 0 Å². The zero-order chi connectivity index (χ0) is 14.2. The summed E-state index contributed by atoms with van der Waals surface area (Å²) < 4.78 is 15.6. The first-order valence-electron chi connectivity index (χ1n) is 6.42. The molecular weight excluding hydrogens is 330 g/mol. The predicted octanol–water partition coefficient (Wildman–Crippen LogP) is 1.96. The molecule has 3 N–H and O–H groups in total. The number of imidazole rings is 1. The van der Waals surface area contributed by atoms with Crippen LogP contribution < -0.4 is 11.1 Å². The van der Waals surface area contributed by atoms with E-state index >= 15 is 0 Å². The van der Waals surface area contributed by atoms with Gasteiger partial charge in [-0.2, -0.15) is 0 Å². The third-order valence-corrected chi connectivity index (χ3v) is 3.49. The van der Waals surface area contributed by atoms with E-state index in [0.717, 1.165) is 0 Å². The summed E-state index contributed by atoms with van der Waals surface area (Å²) >= 11 is 0. The van der Waals surface area contributed by atoms with Gasteiger partial charge in [0.2, 0.25) is 5.91 Å². The van der Waals surface area contributed by atoms with Crippen molar-refractivity contribution in [2.45, 2.75) is 24.9 Å². The number of aromatic nitrogens is 2. The highest BCUT2D eigenvalue weighted by molar-refractivity contribution is 5.88. The summed E-state index contributed by atoms with van der Waals surface area (Å²) in [6, 6.07) is 4.84. The minimum absolute atomic E-state index is 0. The Balaban J connectivity index is 0.00000121. The quantitative estimate of drug-likeness (QED) is 0.888. The van der Waals surface area contributed by atoms with Gasteiger partial charge in [0.25, 0.3) is 0 Å². The van der Waals surface area contributed by atoms with Crippen LogP contribution in [-0.4, -0.2) is 21.0 Å². The van der Waals surface area contributed by atoms with Crippen molar-refractivity contribution in [2.24, 2.45) is 5.73 Å². The standard InChI is InChI=1S/C14H15FN4O.2ClH/c15-11-7-10(8-18-13(20)14(16)3-4-14)1-2-12(11)19-6-5-17-9-19;;/h1-2,5-7,9H,3-4,8,16H2,(H,18,20);2*1H. The number of hydrogen-bond donors (Lipinski definition) is 2. The van der Waals surface area contributed by atoms with Crippen molar-refractivity contribution in [2.75, 3.05) is 0 Å². The van der Waals surface area contributed by atoms with Gasteiger partial charge in [0, 0.05) is 18.9 Å². The number of rotatable bonds is 4. The van der Waals surface area contributed by atoms with Crippen LogP contribution in [-0.2, 0) is 11.3 Å². The second kappa shape index (κ2) is 7.09. The first-order chi connectivity index (χ1) is 9.58. The summed E-state index contributed by atoms with van der Waals surface area (Å²) in [5.41, 5.74) is 6.20. The lowest BCUT2D eigenvalue weighted by molar-refractivity contribution is -0.123. The number of carbonyl (C=O) groups excluding carboxylic acids is 1. The summed E-state index contributed by atoms with van der Waals surface area (Å²) in [5.74, 6) is -0.528. The van der Waals surface area contributed by atoms with Crippen LogP contribution in [0, 0.1) is 5.82 Å². The minimum Gasteiger partial charge on any atom is -0.350 e. The van der Waals surface area contributed by atoms with Crippen LogP contribution in [0.15, 0.2) is 36.9 Å². The number of nitrogens with two attached hydrogens (primary N) is 1. The molecule has 1 amide bonds. The molecule has 1 aliphatic carbocycles. The molecule has 1 aliphatic rings. The molecule has 1 aromatic heterocycles. The number of halogens is 3. The number of carbonyl (C=O) groups is 1. The Morgan fingerprint density at radius 3 is 2.68 bits per heavy atom. The topological polar surface area (TPSA) is 72.9 Å². The van der Waals surface area contributed by atoms with Crippen LogP contribution in [0.25, 0.3) is 5.69 Å². The Hall–Kier alpha value is -1.63. The zero-order valence-corrected chi connectivity index (χ0v) is 13.3. The van der Waals surface area contributed by atoms with Crippen LogP contribution in [0.5, 0.6) is 0 Å². The predicted molar refractivity (Wildman–Crippen MR) is 86.0 cm³/mol. The van der Waals surface area contributed by atoms with Crippen LogP contribution >= 0.6 is 24.8 Å². The van der Waals surface area contributed by atoms with Crippen molar-refractivity contribution in [1.82, 2.24) is 14.9 Å². The molecule has 120 valence electrons. The van der Waals surface area contributed by atoms with Gasteiger partial charge in [-0.1, -0.05) is 6.07 Å². The van der Waals surface area contributed by atoms with E-state index in [9.17, 15) is 9.18 Å². The molecule has 0 aliphatic heterocycles. The van der Waals surface area contributed by atoms with Gasteiger partial charge >= 0.3 is 0 Å². The van der Waals surface area contributed by atoms with Crippen molar-refractivity contribution in [3.63, 3.8) is 0 Å². The highest BCUT2D eigenvalue weighted by atomic mass is 35.5. The Labute approximate surface area is 139 Å². The van der Waals surface area contributed by atoms with E-state index in [1.54, 1.807) is 29.1 Å². The van der Waals surface area contributed by atoms with E-state index in [2.05, 4.69) is 10.3 Å². The second-order valence-electron chi connectivity index (χ2n) is 5.09. The molecule has 8 heteroatoms. The Morgan fingerprint density at radius 1 is 1.41 bits per heavy atom. The van der Waals surface area contributed by atoms with Crippen LogP contribution in [0.2, 0.25) is 0 Å². The van der Waals surface area contributed by atoms with E-state index in [-0.39, 0.29) is 43.1 Å². The van der Waals surface area contributed by atoms with E-state index < -0.39 is 5.54 Å². The molecule has 1 saturated carbocycles. The number of hydrogen-bond acceptors (Lipinski definition) is 3. The molecular formula is C14H17Cl2FN4O.